The fraction of sp³-hybridized carbons (Fsp3) is 0.400. The summed E-state index contributed by atoms with van der Waals surface area (Å²) in [5, 5.41) is 18.6. The van der Waals surface area contributed by atoms with E-state index in [-0.39, 0.29) is 24.7 Å². The third-order valence-corrected chi connectivity index (χ3v) is 6.90. The number of nitrogens with two attached hydrogens (primary N) is 1. The Morgan fingerprint density at radius 1 is 0.775 bits per heavy atom. The molecule has 0 radical (unpaired) electrons. The molecule has 0 aliphatic rings. The van der Waals surface area contributed by atoms with Gasteiger partial charge in [-0.05, 0) is 29.0 Å². The van der Waals surface area contributed by atoms with Crippen LogP contribution in [0.4, 0.5) is 0 Å². The number of rotatable bonds is 13. The Kier molecular flexibility index (Phi) is 10.4. The number of H-pyrrole nitrogens is 1. The molecule has 10 nitrogen and oxygen atoms in total. The third kappa shape index (κ3) is 7.92. The predicted molar refractivity (Wildman–Crippen MR) is 153 cm³/mol. The molecule has 0 bridgehead atoms. The van der Waals surface area contributed by atoms with Crippen molar-refractivity contribution in [1.29, 1.82) is 0 Å². The summed E-state index contributed by atoms with van der Waals surface area (Å²) in [6.45, 7) is 7.00. The molecular weight excluding hydrogens is 510 g/mol. The highest BCUT2D eigenvalue weighted by molar-refractivity contribution is 5.95. The zero-order valence-electron chi connectivity index (χ0n) is 23.3. The molecule has 4 unspecified atom stereocenters. The van der Waals surface area contributed by atoms with E-state index < -0.39 is 47.9 Å². The van der Waals surface area contributed by atoms with E-state index in [2.05, 4.69) is 20.9 Å². The lowest BCUT2D eigenvalue weighted by Crippen LogP contribution is -2.59. The summed E-state index contributed by atoms with van der Waals surface area (Å²) >= 11 is 0. The van der Waals surface area contributed by atoms with Crippen LogP contribution in [-0.2, 0) is 32.0 Å². The molecule has 0 aliphatic carbocycles. The first-order valence-corrected chi connectivity index (χ1v) is 13.5. The van der Waals surface area contributed by atoms with Crippen molar-refractivity contribution in [3.63, 3.8) is 0 Å². The van der Waals surface area contributed by atoms with Gasteiger partial charge in [0.15, 0.2) is 0 Å². The Balaban J connectivity index is 1.91. The van der Waals surface area contributed by atoms with Crippen LogP contribution >= 0.6 is 0 Å². The van der Waals surface area contributed by atoms with Crippen LogP contribution < -0.4 is 21.7 Å². The van der Waals surface area contributed by atoms with Gasteiger partial charge in [-0.15, -0.1) is 0 Å². The normalized spacial score (nSPS) is 14.4. The molecule has 214 valence electrons. The molecule has 4 atom stereocenters. The van der Waals surface area contributed by atoms with E-state index in [1.807, 2.05) is 68.4 Å². The highest BCUT2D eigenvalue weighted by atomic mass is 16.4. The van der Waals surface area contributed by atoms with Gasteiger partial charge in [-0.25, -0.2) is 4.79 Å². The maximum absolute atomic E-state index is 13.7. The number of aromatic nitrogens is 1. The van der Waals surface area contributed by atoms with E-state index in [1.165, 1.54) is 0 Å². The van der Waals surface area contributed by atoms with Crippen LogP contribution in [-0.4, -0.2) is 57.9 Å². The Labute approximate surface area is 234 Å². The molecule has 7 N–H and O–H groups in total. The number of hydrogen-bond acceptors (Lipinski definition) is 5. The van der Waals surface area contributed by atoms with Gasteiger partial charge in [-0.1, -0.05) is 76.2 Å². The van der Waals surface area contributed by atoms with E-state index >= 15 is 0 Å². The standard InChI is InChI=1S/C30H39N5O5/c1-17(2)25(31)29(38)34-23(14-19-10-6-5-7-11-19)27(36)33-24(28(37)35-26(18(3)4)30(39)40)15-20-16-32-22-13-9-8-12-21(20)22/h5-13,16-18,23-26,32H,14-15,31H2,1-4H3,(H,33,36)(H,34,38)(H,35,37)(H,39,40). The number of hydrogen-bond donors (Lipinski definition) is 6. The van der Waals surface area contributed by atoms with Gasteiger partial charge in [0.2, 0.25) is 17.7 Å². The summed E-state index contributed by atoms with van der Waals surface area (Å²) < 4.78 is 0. The fourth-order valence-electron chi connectivity index (χ4n) is 4.40. The molecule has 0 spiro atoms. The number of carboxylic acids is 1. The second-order valence-corrected chi connectivity index (χ2v) is 10.7. The van der Waals surface area contributed by atoms with Crippen molar-refractivity contribution in [1.82, 2.24) is 20.9 Å². The maximum Gasteiger partial charge on any atom is 0.326 e. The zero-order valence-corrected chi connectivity index (χ0v) is 23.3. The second kappa shape index (κ2) is 13.7. The van der Waals surface area contributed by atoms with Crippen molar-refractivity contribution < 1.29 is 24.3 Å². The van der Waals surface area contributed by atoms with Gasteiger partial charge in [0.1, 0.15) is 18.1 Å². The SMILES string of the molecule is CC(C)C(N)C(=O)NC(Cc1ccccc1)C(=O)NC(Cc1c[nH]c2ccccc12)C(=O)NC(C(=O)O)C(C)C. The summed E-state index contributed by atoms with van der Waals surface area (Å²) in [7, 11) is 0. The summed E-state index contributed by atoms with van der Waals surface area (Å²) in [6.07, 6.45) is 2.04. The van der Waals surface area contributed by atoms with E-state index in [0.29, 0.717) is 0 Å². The lowest BCUT2D eigenvalue weighted by atomic mass is 9.99. The Hall–Kier alpha value is -4.18. The topological polar surface area (TPSA) is 166 Å². The number of aromatic amines is 1. The molecule has 40 heavy (non-hydrogen) atoms. The number of para-hydroxylation sites is 1. The second-order valence-electron chi connectivity index (χ2n) is 10.7. The van der Waals surface area contributed by atoms with Crippen molar-refractivity contribution in [2.24, 2.45) is 17.6 Å². The molecule has 3 amide bonds. The average Bonchev–Trinajstić information content (AvgIpc) is 3.33. The molecule has 2 aromatic carbocycles. The maximum atomic E-state index is 13.7. The monoisotopic (exact) mass is 549 g/mol. The minimum Gasteiger partial charge on any atom is -0.480 e. The third-order valence-electron chi connectivity index (χ3n) is 6.90. The van der Waals surface area contributed by atoms with E-state index in [4.69, 9.17) is 5.73 Å². The van der Waals surface area contributed by atoms with Crippen molar-refractivity contribution in [2.75, 3.05) is 0 Å². The molecule has 3 aromatic rings. The summed E-state index contributed by atoms with van der Waals surface area (Å²) in [5.41, 5.74) is 8.49. The number of fused-ring (bicyclic) bond motifs is 1. The van der Waals surface area contributed by atoms with Gasteiger partial charge >= 0.3 is 5.97 Å². The molecule has 0 aliphatic heterocycles. The number of carbonyl (C=O) groups excluding carboxylic acids is 3. The molecule has 0 fully saturated rings. The van der Waals surface area contributed by atoms with Gasteiger partial charge in [0.05, 0.1) is 6.04 Å². The highest BCUT2D eigenvalue weighted by Crippen LogP contribution is 2.19. The summed E-state index contributed by atoms with van der Waals surface area (Å²) in [6, 6.07) is 12.7. The van der Waals surface area contributed by atoms with Crippen LogP contribution in [0.25, 0.3) is 10.9 Å². The first kappa shape index (κ1) is 30.4. The average molecular weight is 550 g/mol. The van der Waals surface area contributed by atoms with Crippen LogP contribution in [0.1, 0.15) is 38.8 Å². The first-order valence-electron chi connectivity index (χ1n) is 13.5. The van der Waals surface area contributed by atoms with Crippen molar-refractivity contribution >= 4 is 34.6 Å². The Morgan fingerprint density at radius 2 is 1.35 bits per heavy atom. The van der Waals surface area contributed by atoms with Gasteiger partial charge in [-0.2, -0.15) is 0 Å². The largest absolute Gasteiger partial charge is 0.480 e. The van der Waals surface area contributed by atoms with Gasteiger partial charge in [0.25, 0.3) is 0 Å². The first-order chi connectivity index (χ1) is 19.0. The number of nitrogens with one attached hydrogen (secondary N) is 4. The molecule has 0 saturated carbocycles. The molecule has 1 heterocycles. The highest BCUT2D eigenvalue weighted by Gasteiger charge is 2.32. The number of aliphatic carboxylic acids is 1. The molecule has 3 rings (SSSR count). The predicted octanol–water partition coefficient (Wildman–Crippen LogP) is 2.13. The van der Waals surface area contributed by atoms with Gasteiger partial charge in [-0.3, -0.25) is 14.4 Å². The van der Waals surface area contributed by atoms with Crippen molar-refractivity contribution in [3.05, 3.63) is 71.9 Å². The summed E-state index contributed by atoms with van der Waals surface area (Å²) in [5.74, 6) is -3.39. The van der Waals surface area contributed by atoms with E-state index in [0.717, 1.165) is 22.0 Å². The van der Waals surface area contributed by atoms with Crippen LogP contribution in [0.5, 0.6) is 0 Å². The Bertz CT molecular complexity index is 1320. The van der Waals surface area contributed by atoms with Gasteiger partial charge in [0, 0.05) is 29.9 Å². The molecular formula is C30H39N5O5. The van der Waals surface area contributed by atoms with Crippen LogP contribution in [0, 0.1) is 11.8 Å². The molecule has 1 aromatic heterocycles. The van der Waals surface area contributed by atoms with Crippen LogP contribution in [0.15, 0.2) is 60.8 Å². The van der Waals surface area contributed by atoms with Crippen molar-refractivity contribution in [2.45, 2.75) is 64.7 Å². The van der Waals surface area contributed by atoms with Crippen molar-refractivity contribution in [3.8, 4) is 0 Å². The van der Waals surface area contributed by atoms with Crippen LogP contribution in [0.3, 0.4) is 0 Å². The summed E-state index contributed by atoms with van der Waals surface area (Å²) in [4.78, 5) is 54.9. The quantitative estimate of drug-likeness (QED) is 0.191. The van der Waals surface area contributed by atoms with Gasteiger partial charge < -0.3 is 31.8 Å². The zero-order chi connectivity index (χ0) is 29.4. The Morgan fingerprint density at radius 3 is 1.98 bits per heavy atom. The fourth-order valence-corrected chi connectivity index (χ4v) is 4.40. The number of carbonyl (C=O) groups is 4. The minimum atomic E-state index is -1.17. The minimum absolute atomic E-state index is 0.101. The number of amides is 3. The van der Waals surface area contributed by atoms with E-state index in [1.54, 1.807) is 20.0 Å². The molecule has 10 heteroatoms. The number of benzene rings is 2. The lowest BCUT2D eigenvalue weighted by Gasteiger charge is -2.26. The smallest absolute Gasteiger partial charge is 0.326 e. The van der Waals surface area contributed by atoms with E-state index in [9.17, 15) is 24.3 Å². The lowest BCUT2D eigenvalue weighted by molar-refractivity contribution is -0.143. The van der Waals surface area contributed by atoms with Crippen LogP contribution in [0.2, 0.25) is 0 Å². The molecule has 0 saturated heterocycles. The number of carboxylic acid groups (broad SMARTS) is 1.